The maximum atomic E-state index is 13.1. The van der Waals surface area contributed by atoms with Gasteiger partial charge in [0.2, 0.25) is 16.7 Å². The van der Waals surface area contributed by atoms with Crippen LogP contribution in [0.1, 0.15) is 30.5 Å². The number of hydrazone groups is 1. The van der Waals surface area contributed by atoms with E-state index in [0.29, 0.717) is 0 Å². The second-order valence-corrected chi connectivity index (χ2v) is 7.19. The van der Waals surface area contributed by atoms with E-state index >= 15 is 0 Å². The molecule has 3 amide bonds. The first kappa shape index (κ1) is 16.5. The van der Waals surface area contributed by atoms with Crippen LogP contribution in [-0.2, 0) is 19.3 Å². The molecular formula is C16H18N4O3S. The fourth-order valence-electron chi connectivity index (χ4n) is 3.27. The standard InChI is InChI=1S/C16H18N4O3S/c1-8-6-9(2)13-12(7-8)16(14(23)19(13)5)20(11(4)22)18-15(24-16)17-10(3)21/h6-7H,1-5H3,(H,17,18,21)/t16-/m1/s1. The van der Waals surface area contributed by atoms with Crippen LogP contribution in [0.25, 0.3) is 0 Å². The molecule has 2 aliphatic rings. The Bertz CT molecular complexity index is 820. The summed E-state index contributed by atoms with van der Waals surface area (Å²) in [5, 5.41) is 8.19. The van der Waals surface area contributed by atoms with Crippen LogP contribution in [0.2, 0.25) is 0 Å². The van der Waals surface area contributed by atoms with Gasteiger partial charge in [0.1, 0.15) is 0 Å². The van der Waals surface area contributed by atoms with Gasteiger partial charge in [0.15, 0.2) is 5.17 Å². The van der Waals surface area contributed by atoms with Crippen LogP contribution in [0, 0.1) is 13.8 Å². The fraction of sp³-hybridized carbons (Fsp3) is 0.375. The fourth-order valence-corrected chi connectivity index (χ4v) is 4.61. The smallest absolute Gasteiger partial charge is 0.270 e. The summed E-state index contributed by atoms with van der Waals surface area (Å²) in [6, 6.07) is 3.90. The number of hydrogen-bond donors (Lipinski definition) is 1. The number of anilines is 1. The van der Waals surface area contributed by atoms with E-state index < -0.39 is 4.87 Å². The van der Waals surface area contributed by atoms with E-state index in [-0.39, 0.29) is 22.9 Å². The van der Waals surface area contributed by atoms with E-state index in [1.165, 1.54) is 18.9 Å². The summed E-state index contributed by atoms with van der Waals surface area (Å²) in [6.07, 6.45) is 0. The van der Waals surface area contributed by atoms with E-state index in [4.69, 9.17) is 0 Å². The summed E-state index contributed by atoms with van der Waals surface area (Å²) in [5.74, 6) is -0.923. The number of aryl methyl sites for hydroxylation is 2. The van der Waals surface area contributed by atoms with Crippen molar-refractivity contribution < 1.29 is 14.4 Å². The zero-order chi connectivity index (χ0) is 17.8. The van der Waals surface area contributed by atoms with Crippen molar-refractivity contribution in [2.75, 3.05) is 11.9 Å². The highest BCUT2D eigenvalue weighted by Gasteiger charge is 2.60. The van der Waals surface area contributed by atoms with E-state index in [1.807, 2.05) is 26.0 Å². The molecule has 7 nitrogen and oxygen atoms in total. The lowest BCUT2D eigenvalue weighted by Gasteiger charge is -2.29. The first-order chi connectivity index (χ1) is 11.2. The van der Waals surface area contributed by atoms with Gasteiger partial charge in [0.25, 0.3) is 5.91 Å². The van der Waals surface area contributed by atoms with Crippen molar-refractivity contribution in [3.63, 3.8) is 0 Å². The minimum absolute atomic E-state index is 0.242. The van der Waals surface area contributed by atoms with Gasteiger partial charge in [0, 0.05) is 26.5 Å². The predicted octanol–water partition coefficient (Wildman–Crippen LogP) is 1.44. The average molecular weight is 346 g/mol. The third-order valence-corrected chi connectivity index (χ3v) is 5.29. The second kappa shape index (κ2) is 5.34. The predicted molar refractivity (Wildman–Crippen MR) is 92.4 cm³/mol. The van der Waals surface area contributed by atoms with Gasteiger partial charge < -0.3 is 10.2 Å². The molecular weight excluding hydrogens is 328 g/mol. The zero-order valence-corrected chi connectivity index (χ0v) is 14.9. The Labute approximate surface area is 144 Å². The summed E-state index contributed by atoms with van der Waals surface area (Å²) < 4.78 is 0. The Kier molecular flexibility index (Phi) is 3.67. The SMILES string of the molecule is CC(=O)NC1=NN(C(C)=O)[C@]2(S1)C(=O)N(C)c1c(C)cc(C)cc12. The molecule has 2 heterocycles. The lowest BCUT2D eigenvalue weighted by Crippen LogP contribution is -2.47. The van der Waals surface area contributed by atoms with Gasteiger partial charge in [-0.05, 0) is 31.2 Å². The van der Waals surface area contributed by atoms with Crippen LogP contribution in [0.4, 0.5) is 5.69 Å². The molecule has 1 aromatic rings. The van der Waals surface area contributed by atoms with Gasteiger partial charge in [-0.1, -0.05) is 17.7 Å². The van der Waals surface area contributed by atoms with Gasteiger partial charge in [-0.3, -0.25) is 14.4 Å². The average Bonchev–Trinajstić information content (AvgIpc) is 2.92. The number of carbonyl (C=O) groups is 3. The molecule has 1 atom stereocenters. The molecule has 1 N–H and O–H groups in total. The number of likely N-dealkylation sites (N-methyl/N-ethyl adjacent to an activating group) is 1. The Morgan fingerprint density at radius 1 is 1.25 bits per heavy atom. The quantitative estimate of drug-likeness (QED) is 0.770. The molecule has 0 saturated carbocycles. The van der Waals surface area contributed by atoms with Crippen molar-refractivity contribution in [3.05, 3.63) is 28.8 Å². The summed E-state index contributed by atoms with van der Waals surface area (Å²) in [4.78, 5) is 36.9. The zero-order valence-electron chi connectivity index (χ0n) is 14.1. The number of fused-ring (bicyclic) bond motifs is 2. The van der Waals surface area contributed by atoms with Crippen molar-refractivity contribution >= 4 is 40.3 Å². The number of thioether (sulfide) groups is 1. The molecule has 24 heavy (non-hydrogen) atoms. The highest BCUT2D eigenvalue weighted by atomic mass is 32.2. The van der Waals surface area contributed by atoms with Crippen molar-refractivity contribution in [2.45, 2.75) is 32.6 Å². The monoisotopic (exact) mass is 346 g/mol. The second-order valence-electron chi connectivity index (χ2n) is 6.01. The number of nitrogens with one attached hydrogen (secondary N) is 1. The van der Waals surface area contributed by atoms with Crippen LogP contribution in [0.3, 0.4) is 0 Å². The minimum Gasteiger partial charge on any atom is -0.312 e. The van der Waals surface area contributed by atoms with Crippen LogP contribution < -0.4 is 10.2 Å². The topological polar surface area (TPSA) is 82.1 Å². The summed E-state index contributed by atoms with van der Waals surface area (Å²) in [7, 11) is 1.69. The molecule has 0 aromatic heterocycles. The number of amidine groups is 1. The summed E-state index contributed by atoms with van der Waals surface area (Å²) in [6.45, 7) is 6.59. The molecule has 8 heteroatoms. The van der Waals surface area contributed by atoms with Crippen molar-refractivity contribution in [2.24, 2.45) is 5.10 Å². The lowest BCUT2D eigenvalue weighted by molar-refractivity contribution is -0.139. The molecule has 0 aliphatic carbocycles. The number of benzene rings is 1. The van der Waals surface area contributed by atoms with Gasteiger partial charge in [-0.15, -0.1) is 5.10 Å². The number of amides is 3. The molecule has 2 aliphatic heterocycles. The molecule has 0 bridgehead atoms. The van der Waals surface area contributed by atoms with E-state index in [9.17, 15) is 14.4 Å². The summed E-state index contributed by atoms with van der Waals surface area (Å²) in [5.41, 5.74) is 3.45. The summed E-state index contributed by atoms with van der Waals surface area (Å²) >= 11 is 1.09. The Hall–Kier alpha value is -2.35. The van der Waals surface area contributed by atoms with Crippen LogP contribution in [0.5, 0.6) is 0 Å². The molecule has 3 rings (SSSR count). The first-order valence-corrected chi connectivity index (χ1v) is 8.26. The van der Waals surface area contributed by atoms with Gasteiger partial charge >= 0.3 is 0 Å². The van der Waals surface area contributed by atoms with E-state index in [1.54, 1.807) is 11.9 Å². The first-order valence-electron chi connectivity index (χ1n) is 7.44. The van der Waals surface area contributed by atoms with Gasteiger partial charge in [-0.2, -0.15) is 5.01 Å². The Balaban J connectivity index is 2.22. The lowest BCUT2D eigenvalue weighted by atomic mass is 10.0. The number of nitrogens with zero attached hydrogens (tertiary/aromatic N) is 3. The van der Waals surface area contributed by atoms with E-state index in [0.717, 1.165) is 34.1 Å². The largest absolute Gasteiger partial charge is 0.312 e. The van der Waals surface area contributed by atoms with Crippen LogP contribution in [-0.4, -0.2) is 34.9 Å². The van der Waals surface area contributed by atoms with Crippen molar-refractivity contribution in [1.82, 2.24) is 10.3 Å². The van der Waals surface area contributed by atoms with Crippen molar-refractivity contribution in [1.29, 1.82) is 0 Å². The van der Waals surface area contributed by atoms with E-state index in [2.05, 4.69) is 10.4 Å². The molecule has 1 spiro atoms. The molecule has 0 unspecified atom stereocenters. The third-order valence-electron chi connectivity index (χ3n) is 4.05. The van der Waals surface area contributed by atoms with Crippen LogP contribution >= 0.6 is 11.8 Å². The number of carbonyl (C=O) groups excluding carboxylic acids is 3. The molecule has 0 radical (unpaired) electrons. The van der Waals surface area contributed by atoms with Crippen LogP contribution in [0.15, 0.2) is 17.2 Å². The van der Waals surface area contributed by atoms with Crippen molar-refractivity contribution in [3.8, 4) is 0 Å². The molecule has 1 aromatic carbocycles. The molecule has 0 saturated heterocycles. The normalized spacial score (nSPS) is 22.0. The molecule has 126 valence electrons. The Morgan fingerprint density at radius 2 is 1.92 bits per heavy atom. The van der Waals surface area contributed by atoms with Gasteiger partial charge in [-0.25, -0.2) is 0 Å². The third kappa shape index (κ3) is 2.13. The maximum absolute atomic E-state index is 13.1. The maximum Gasteiger partial charge on any atom is 0.270 e. The highest BCUT2D eigenvalue weighted by molar-refractivity contribution is 8.15. The molecule has 0 fully saturated rings. The number of hydrogen-bond acceptors (Lipinski definition) is 5. The Morgan fingerprint density at radius 3 is 2.50 bits per heavy atom. The highest BCUT2D eigenvalue weighted by Crippen LogP contribution is 2.55. The minimum atomic E-state index is -1.30. The number of rotatable bonds is 0. The van der Waals surface area contributed by atoms with Gasteiger partial charge in [0.05, 0.1) is 5.69 Å².